The van der Waals surface area contributed by atoms with Gasteiger partial charge in [0.05, 0.1) is 11.5 Å². The Morgan fingerprint density at radius 3 is 2.10 bits per heavy atom. The van der Waals surface area contributed by atoms with Crippen LogP contribution in [-0.4, -0.2) is 17.5 Å². The summed E-state index contributed by atoms with van der Waals surface area (Å²) in [4.78, 5) is 2.38. The van der Waals surface area contributed by atoms with Crippen molar-refractivity contribution in [3.05, 3.63) is 71.3 Å². The van der Waals surface area contributed by atoms with Gasteiger partial charge in [0.15, 0.2) is 0 Å². The highest BCUT2D eigenvalue weighted by Gasteiger charge is 2.41. The molecule has 2 unspecified atom stereocenters. The van der Waals surface area contributed by atoms with Crippen molar-refractivity contribution in [1.29, 1.82) is 5.26 Å². The normalized spacial score (nSPS) is 14.6. The Labute approximate surface area is 174 Å². The maximum atomic E-state index is 14.6. The Morgan fingerprint density at radius 1 is 1.00 bits per heavy atom. The van der Waals surface area contributed by atoms with Crippen LogP contribution in [0.4, 0.5) is 8.78 Å². The summed E-state index contributed by atoms with van der Waals surface area (Å²) in [6.45, 7) is 9.70. The van der Waals surface area contributed by atoms with Gasteiger partial charge in [-0.05, 0) is 49.4 Å². The molecule has 4 heteroatoms. The molecule has 2 nitrogen and oxygen atoms in total. The minimum Gasteiger partial charge on any atom is -0.296 e. The van der Waals surface area contributed by atoms with Crippen molar-refractivity contribution >= 4 is 0 Å². The van der Waals surface area contributed by atoms with Gasteiger partial charge in [-0.1, -0.05) is 64.1 Å². The van der Waals surface area contributed by atoms with Crippen LogP contribution in [-0.2, 0) is 12.0 Å². The molecule has 0 fully saturated rings. The molecule has 0 aromatic heterocycles. The second-order valence-electron chi connectivity index (χ2n) is 7.98. The number of hydrogen-bond donors (Lipinski definition) is 0. The molecule has 2 atom stereocenters. The maximum Gasteiger partial charge on any atom is 0.130 e. The number of hydrogen-bond acceptors (Lipinski definition) is 2. The highest BCUT2D eigenvalue weighted by Crippen LogP contribution is 2.40. The van der Waals surface area contributed by atoms with E-state index in [0.29, 0.717) is 12.8 Å². The molecular formula is C25H32F2N2. The fourth-order valence-corrected chi connectivity index (χ4v) is 4.22. The van der Waals surface area contributed by atoms with E-state index < -0.39 is 17.0 Å². The van der Waals surface area contributed by atoms with Crippen molar-refractivity contribution in [2.75, 3.05) is 6.54 Å². The molecular weight excluding hydrogens is 366 g/mol. The molecule has 0 amide bonds. The highest BCUT2D eigenvalue weighted by atomic mass is 19.1. The van der Waals surface area contributed by atoms with E-state index >= 15 is 0 Å². The number of nitriles is 1. The van der Waals surface area contributed by atoms with Crippen molar-refractivity contribution in [3.63, 3.8) is 0 Å². The number of benzene rings is 2. The first-order chi connectivity index (χ1) is 13.9. The van der Waals surface area contributed by atoms with Crippen molar-refractivity contribution in [2.45, 2.75) is 65.0 Å². The molecule has 2 rings (SSSR count). The summed E-state index contributed by atoms with van der Waals surface area (Å²) in [5, 5.41) is 10.1. The molecule has 0 radical (unpaired) electrons. The van der Waals surface area contributed by atoms with E-state index in [1.807, 2.05) is 32.0 Å². The molecule has 0 aliphatic heterocycles. The molecule has 0 aliphatic rings. The van der Waals surface area contributed by atoms with Crippen molar-refractivity contribution in [3.8, 4) is 6.07 Å². The SMILES string of the molecule is CCC(CCC(C#N)(c1c(F)cccc1F)C(C)C)N(CC)Cc1ccccc1. The average molecular weight is 399 g/mol. The third-order valence-corrected chi connectivity index (χ3v) is 6.09. The van der Waals surface area contributed by atoms with Gasteiger partial charge in [-0.15, -0.1) is 0 Å². The molecule has 0 spiro atoms. The van der Waals surface area contributed by atoms with Crippen LogP contribution in [0.5, 0.6) is 0 Å². The minimum atomic E-state index is -1.19. The van der Waals surface area contributed by atoms with E-state index in [1.165, 1.54) is 23.8 Å². The standard InChI is InChI=1S/C25H32F2N2/c1-5-21(29(6-2)17-20-11-8-7-9-12-20)15-16-25(18-28,19(3)4)24-22(26)13-10-14-23(24)27/h7-14,19,21H,5-6,15-17H2,1-4H3. The van der Waals surface area contributed by atoms with Crippen LogP contribution in [0.3, 0.4) is 0 Å². The second-order valence-corrected chi connectivity index (χ2v) is 7.98. The van der Waals surface area contributed by atoms with Gasteiger partial charge < -0.3 is 0 Å². The van der Waals surface area contributed by atoms with Crippen LogP contribution in [0.2, 0.25) is 0 Å². The van der Waals surface area contributed by atoms with Gasteiger partial charge in [0.2, 0.25) is 0 Å². The number of rotatable bonds is 10. The topological polar surface area (TPSA) is 27.0 Å². The van der Waals surface area contributed by atoms with Gasteiger partial charge in [-0.25, -0.2) is 8.78 Å². The number of halogens is 2. The summed E-state index contributed by atoms with van der Waals surface area (Å²) in [5.74, 6) is -1.48. The molecule has 0 bridgehead atoms. The van der Waals surface area contributed by atoms with Crippen LogP contribution in [0.25, 0.3) is 0 Å². The van der Waals surface area contributed by atoms with Gasteiger partial charge in [0.1, 0.15) is 11.6 Å². The zero-order valence-corrected chi connectivity index (χ0v) is 18.0. The van der Waals surface area contributed by atoms with E-state index in [4.69, 9.17) is 0 Å². The predicted molar refractivity (Wildman–Crippen MR) is 114 cm³/mol. The van der Waals surface area contributed by atoms with Crippen LogP contribution < -0.4 is 0 Å². The Balaban J connectivity index is 2.28. The smallest absolute Gasteiger partial charge is 0.130 e. The lowest BCUT2D eigenvalue weighted by atomic mass is 9.68. The van der Waals surface area contributed by atoms with Gasteiger partial charge in [-0.3, -0.25) is 4.90 Å². The van der Waals surface area contributed by atoms with Gasteiger partial charge >= 0.3 is 0 Å². The lowest BCUT2D eigenvalue weighted by molar-refractivity contribution is 0.167. The van der Waals surface area contributed by atoms with E-state index in [0.717, 1.165) is 19.5 Å². The van der Waals surface area contributed by atoms with Gasteiger partial charge in [0.25, 0.3) is 0 Å². The monoisotopic (exact) mass is 398 g/mol. The third-order valence-electron chi connectivity index (χ3n) is 6.09. The van der Waals surface area contributed by atoms with Gasteiger partial charge in [0, 0.05) is 18.2 Å². The molecule has 0 heterocycles. The molecule has 29 heavy (non-hydrogen) atoms. The molecule has 0 saturated carbocycles. The van der Waals surface area contributed by atoms with Crippen LogP contribution in [0.1, 0.15) is 58.1 Å². The first-order valence-electron chi connectivity index (χ1n) is 10.5. The maximum absolute atomic E-state index is 14.6. The van der Waals surface area contributed by atoms with Crippen LogP contribution in [0.15, 0.2) is 48.5 Å². The van der Waals surface area contributed by atoms with E-state index in [9.17, 15) is 14.0 Å². The summed E-state index contributed by atoms with van der Waals surface area (Å²) in [5.41, 5.74) is -0.0311. The van der Waals surface area contributed by atoms with Crippen molar-refractivity contribution < 1.29 is 8.78 Å². The van der Waals surface area contributed by atoms with Crippen molar-refractivity contribution in [1.82, 2.24) is 4.90 Å². The average Bonchev–Trinajstić information content (AvgIpc) is 2.72. The first-order valence-corrected chi connectivity index (χ1v) is 10.5. The molecule has 0 saturated heterocycles. The lowest BCUT2D eigenvalue weighted by Crippen LogP contribution is -2.38. The molecule has 2 aromatic rings. The highest BCUT2D eigenvalue weighted by molar-refractivity contribution is 5.36. The zero-order chi connectivity index (χ0) is 21.4. The van der Waals surface area contributed by atoms with E-state index in [-0.39, 0.29) is 17.5 Å². The second kappa shape index (κ2) is 10.5. The fourth-order valence-electron chi connectivity index (χ4n) is 4.22. The first kappa shape index (κ1) is 23.0. The minimum absolute atomic E-state index is 0.0848. The molecule has 0 N–H and O–H groups in total. The van der Waals surface area contributed by atoms with E-state index in [2.05, 4.69) is 36.9 Å². The third kappa shape index (κ3) is 5.22. The van der Waals surface area contributed by atoms with E-state index in [1.54, 1.807) is 0 Å². The Bertz CT molecular complexity index is 793. The Kier molecular flexibility index (Phi) is 8.34. The zero-order valence-electron chi connectivity index (χ0n) is 18.0. The van der Waals surface area contributed by atoms with Crippen LogP contribution >= 0.6 is 0 Å². The summed E-state index contributed by atoms with van der Waals surface area (Å²) in [7, 11) is 0. The van der Waals surface area contributed by atoms with Crippen molar-refractivity contribution in [2.24, 2.45) is 5.92 Å². The van der Waals surface area contributed by atoms with Gasteiger partial charge in [-0.2, -0.15) is 5.26 Å². The summed E-state index contributed by atoms with van der Waals surface area (Å²) in [6.07, 6.45) is 2.04. The molecule has 2 aromatic carbocycles. The summed E-state index contributed by atoms with van der Waals surface area (Å²) in [6, 6.07) is 16.7. The largest absolute Gasteiger partial charge is 0.296 e. The summed E-state index contributed by atoms with van der Waals surface area (Å²) >= 11 is 0. The molecule has 0 aliphatic carbocycles. The lowest BCUT2D eigenvalue weighted by Gasteiger charge is -2.36. The quantitative estimate of drug-likeness (QED) is 0.459. The predicted octanol–water partition coefficient (Wildman–Crippen LogP) is 6.46. The fraction of sp³-hybridized carbons (Fsp3) is 0.480. The Morgan fingerprint density at radius 2 is 1.62 bits per heavy atom. The summed E-state index contributed by atoms with van der Waals surface area (Å²) < 4.78 is 29.2. The Hall–Kier alpha value is -2.25. The number of nitrogens with zero attached hydrogens (tertiary/aromatic N) is 2. The molecule has 156 valence electrons. The van der Waals surface area contributed by atoms with Crippen LogP contribution in [0, 0.1) is 28.9 Å².